The lowest BCUT2D eigenvalue weighted by Gasteiger charge is -2.11. The minimum atomic E-state index is 0.267. The molecule has 96 valence electrons. The van der Waals surface area contributed by atoms with Gasteiger partial charge in [0.1, 0.15) is 5.75 Å². The third kappa shape index (κ3) is 5.71. The third-order valence-corrected chi connectivity index (χ3v) is 2.65. The summed E-state index contributed by atoms with van der Waals surface area (Å²) >= 11 is 0. The largest absolute Gasteiger partial charge is 0.494 e. The van der Waals surface area contributed by atoms with Crippen LogP contribution < -0.4 is 10.1 Å². The number of rotatable bonds is 8. The molecular formula is C14H23NO2. The SMILES string of the molecule is CCOc1cccc(CNCC(C)CCO)c1. The lowest BCUT2D eigenvalue weighted by molar-refractivity contribution is 0.260. The van der Waals surface area contributed by atoms with Crippen LogP contribution >= 0.6 is 0 Å². The van der Waals surface area contributed by atoms with Gasteiger partial charge in [-0.15, -0.1) is 0 Å². The molecule has 1 atom stereocenters. The topological polar surface area (TPSA) is 41.5 Å². The number of hydrogen-bond acceptors (Lipinski definition) is 3. The molecule has 0 aliphatic carbocycles. The van der Waals surface area contributed by atoms with Crippen LogP contribution in [0.1, 0.15) is 25.8 Å². The van der Waals surface area contributed by atoms with E-state index in [4.69, 9.17) is 9.84 Å². The first-order valence-corrected chi connectivity index (χ1v) is 6.29. The van der Waals surface area contributed by atoms with Crippen molar-refractivity contribution in [1.82, 2.24) is 5.32 Å². The monoisotopic (exact) mass is 237 g/mol. The quantitative estimate of drug-likeness (QED) is 0.728. The molecule has 0 aliphatic heterocycles. The third-order valence-electron chi connectivity index (χ3n) is 2.65. The highest BCUT2D eigenvalue weighted by Gasteiger charge is 2.01. The minimum Gasteiger partial charge on any atom is -0.494 e. The number of ether oxygens (including phenoxy) is 1. The summed E-state index contributed by atoms with van der Waals surface area (Å²) in [6.45, 7) is 6.87. The van der Waals surface area contributed by atoms with Gasteiger partial charge in [-0.1, -0.05) is 19.1 Å². The van der Waals surface area contributed by atoms with Gasteiger partial charge in [-0.3, -0.25) is 0 Å². The van der Waals surface area contributed by atoms with E-state index in [1.54, 1.807) is 0 Å². The van der Waals surface area contributed by atoms with Crippen LogP contribution in [0.2, 0.25) is 0 Å². The van der Waals surface area contributed by atoms with Crippen molar-refractivity contribution in [3.05, 3.63) is 29.8 Å². The van der Waals surface area contributed by atoms with Crippen LogP contribution in [0.4, 0.5) is 0 Å². The molecule has 0 radical (unpaired) electrons. The normalized spacial score (nSPS) is 12.4. The molecule has 0 fully saturated rings. The lowest BCUT2D eigenvalue weighted by atomic mass is 10.1. The predicted molar refractivity (Wildman–Crippen MR) is 70.2 cm³/mol. The fourth-order valence-corrected chi connectivity index (χ4v) is 1.70. The van der Waals surface area contributed by atoms with Gasteiger partial charge in [0.15, 0.2) is 0 Å². The van der Waals surface area contributed by atoms with Gasteiger partial charge >= 0.3 is 0 Å². The molecule has 2 N–H and O–H groups in total. The lowest BCUT2D eigenvalue weighted by Crippen LogP contribution is -2.21. The van der Waals surface area contributed by atoms with Gasteiger partial charge in [0.2, 0.25) is 0 Å². The number of aliphatic hydroxyl groups excluding tert-OH is 1. The van der Waals surface area contributed by atoms with E-state index in [0.29, 0.717) is 12.5 Å². The number of hydrogen-bond donors (Lipinski definition) is 2. The Labute approximate surface area is 104 Å². The second-order valence-electron chi connectivity index (χ2n) is 4.33. The van der Waals surface area contributed by atoms with Crippen LogP contribution in [-0.4, -0.2) is 24.9 Å². The van der Waals surface area contributed by atoms with Crippen LogP contribution in [0.15, 0.2) is 24.3 Å². The summed E-state index contributed by atoms with van der Waals surface area (Å²) in [7, 11) is 0. The molecule has 3 heteroatoms. The molecule has 0 aromatic heterocycles. The predicted octanol–water partition coefficient (Wildman–Crippen LogP) is 2.19. The summed E-state index contributed by atoms with van der Waals surface area (Å²) in [6, 6.07) is 8.14. The van der Waals surface area contributed by atoms with Gasteiger partial charge in [-0.25, -0.2) is 0 Å². The maximum Gasteiger partial charge on any atom is 0.119 e. The van der Waals surface area contributed by atoms with E-state index in [2.05, 4.69) is 24.4 Å². The van der Waals surface area contributed by atoms with Crippen molar-refractivity contribution < 1.29 is 9.84 Å². The zero-order valence-corrected chi connectivity index (χ0v) is 10.8. The van der Waals surface area contributed by atoms with Gasteiger partial charge in [0.05, 0.1) is 6.61 Å². The number of aliphatic hydroxyl groups is 1. The fraction of sp³-hybridized carbons (Fsp3) is 0.571. The van der Waals surface area contributed by atoms with Gasteiger partial charge in [0.25, 0.3) is 0 Å². The van der Waals surface area contributed by atoms with Crippen molar-refractivity contribution in [2.75, 3.05) is 19.8 Å². The molecule has 0 saturated heterocycles. The summed E-state index contributed by atoms with van der Waals surface area (Å²) in [5.74, 6) is 1.44. The first-order valence-electron chi connectivity index (χ1n) is 6.29. The fourth-order valence-electron chi connectivity index (χ4n) is 1.70. The van der Waals surface area contributed by atoms with Crippen LogP contribution in [0, 0.1) is 5.92 Å². The van der Waals surface area contributed by atoms with Crippen molar-refractivity contribution in [1.29, 1.82) is 0 Å². The van der Waals surface area contributed by atoms with Crippen molar-refractivity contribution in [2.24, 2.45) is 5.92 Å². The van der Waals surface area contributed by atoms with Crippen LogP contribution in [0.3, 0.4) is 0 Å². The number of benzene rings is 1. The molecule has 0 spiro atoms. The summed E-state index contributed by atoms with van der Waals surface area (Å²) in [6.07, 6.45) is 0.853. The summed E-state index contributed by atoms with van der Waals surface area (Å²) in [4.78, 5) is 0. The molecule has 0 saturated carbocycles. The first kappa shape index (κ1) is 14.0. The molecular weight excluding hydrogens is 214 g/mol. The molecule has 17 heavy (non-hydrogen) atoms. The molecule has 3 nitrogen and oxygen atoms in total. The van der Waals surface area contributed by atoms with E-state index in [1.807, 2.05) is 19.1 Å². The zero-order chi connectivity index (χ0) is 12.5. The average molecular weight is 237 g/mol. The van der Waals surface area contributed by atoms with Gasteiger partial charge in [-0.2, -0.15) is 0 Å². The Morgan fingerprint density at radius 3 is 2.94 bits per heavy atom. The van der Waals surface area contributed by atoms with Gasteiger partial charge < -0.3 is 15.2 Å². The standard InChI is InChI=1S/C14H23NO2/c1-3-17-14-6-4-5-13(9-14)11-15-10-12(2)7-8-16/h4-6,9,12,15-16H,3,7-8,10-11H2,1-2H3. The summed E-state index contributed by atoms with van der Waals surface area (Å²) < 4.78 is 5.45. The highest BCUT2D eigenvalue weighted by Crippen LogP contribution is 2.13. The molecule has 0 bridgehead atoms. The number of nitrogens with one attached hydrogen (secondary N) is 1. The Bertz CT molecular complexity index is 315. The summed E-state index contributed by atoms with van der Waals surface area (Å²) in [5, 5.41) is 12.2. The van der Waals surface area contributed by atoms with Crippen molar-refractivity contribution in [3.8, 4) is 5.75 Å². The molecule has 1 aromatic rings. The van der Waals surface area contributed by atoms with Crippen molar-refractivity contribution in [3.63, 3.8) is 0 Å². The zero-order valence-electron chi connectivity index (χ0n) is 10.8. The molecule has 0 aliphatic rings. The maximum atomic E-state index is 8.80. The second kappa shape index (κ2) is 8.09. The highest BCUT2D eigenvalue weighted by molar-refractivity contribution is 5.28. The summed E-state index contributed by atoms with van der Waals surface area (Å²) in [5.41, 5.74) is 1.23. The average Bonchev–Trinajstić information content (AvgIpc) is 2.30. The highest BCUT2D eigenvalue weighted by atomic mass is 16.5. The molecule has 1 rings (SSSR count). The second-order valence-corrected chi connectivity index (χ2v) is 4.33. The Morgan fingerprint density at radius 2 is 2.24 bits per heavy atom. The molecule has 1 unspecified atom stereocenters. The smallest absolute Gasteiger partial charge is 0.119 e. The first-order chi connectivity index (χ1) is 8.26. The van der Waals surface area contributed by atoms with E-state index < -0.39 is 0 Å². The minimum absolute atomic E-state index is 0.267. The Balaban J connectivity index is 2.33. The van der Waals surface area contributed by atoms with Gasteiger partial charge in [-0.05, 0) is 43.5 Å². The molecule has 1 aromatic carbocycles. The maximum absolute atomic E-state index is 8.80. The van der Waals surface area contributed by atoms with Crippen LogP contribution in [0.25, 0.3) is 0 Å². The Kier molecular flexibility index (Phi) is 6.67. The van der Waals surface area contributed by atoms with E-state index in [9.17, 15) is 0 Å². The molecule has 0 heterocycles. The molecule has 0 amide bonds. The van der Waals surface area contributed by atoms with E-state index in [0.717, 1.165) is 25.3 Å². The van der Waals surface area contributed by atoms with Crippen molar-refractivity contribution in [2.45, 2.75) is 26.8 Å². The van der Waals surface area contributed by atoms with Crippen LogP contribution in [0.5, 0.6) is 5.75 Å². The van der Waals surface area contributed by atoms with Gasteiger partial charge in [0, 0.05) is 13.2 Å². The van der Waals surface area contributed by atoms with E-state index in [-0.39, 0.29) is 6.61 Å². The van der Waals surface area contributed by atoms with E-state index in [1.165, 1.54) is 5.56 Å². The van der Waals surface area contributed by atoms with E-state index >= 15 is 0 Å². The van der Waals surface area contributed by atoms with Crippen LogP contribution in [-0.2, 0) is 6.54 Å². The Hall–Kier alpha value is -1.06. The van der Waals surface area contributed by atoms with Crippen molar-refractivity contribution >= 4 is 0 Å². The Morgan fingerprint density at radius 1 is 1.41 bits per heavy atom.